The van der Waals surface area contributed by atoms with Crippen LogP contribution >= 0.6 is 0 Å². The molecule has 166 valence electrons. The Morgan fingerprint density at radius 3 is 2.84 bits per heavy atom. The number of benzene rings is 1. The molecular formula is C20H20F4N4O3. The number of aromatic nitrogens is 2. The molecule has 11 heteroatoms. The molecular weight excluding hydrogens is 420 g/mol. The zero-order valence-electron chi connectivity index (χ0n) is 16.6. The Labute approximate surface area is 175 Å². The molecule has 2 aromatic rings. The fourth-order valence-corrected chi connectivity index (χ4v) is 3.82. The van der Waals surface area contributed by atoms with E-state index in [0.717, 1.165) is 12.4 Å². The van der Waals surface area contributed by atoms with Crippen molar-refractivity contribution in [1.82, 2.24) is 9.97 Å². The SMILES string of the molecule is CN(C(=O)C1CC2(CO1)CN(c1cc(C(F)(F)F)ncn1)CCO2)c1cccc(F)c1. The lowest BCUT2D eigenvalue weighted by Crippen LogP contribution is -2.53. The number of carbonyl (C=O) groups is 1. The zero-order valence-corrected chi connectivity index (χ0v) is 16.6. The van der Waals surface area contributed by atoms with E-state index in [4.69, 9.17) is 9.47 Å². The molecule has 0 saturated carbocycles. The van der Waals surface area contributed by atoms with Crippen molar-refractivity contribution in [3.8, 4) is 0 Å². The minimum absolute atomic E-state index is 0.105. The van der Waals surface area contributed by atoms with Gasteiger partial charge in [0.1, 0.15) is 35.4 Å². The van der Waals surface area contributed by atoms with Gasteiger partial charge in [0, 0.05) is 31.8 Å². The second-order valence-electron chi connectivity index (χ2n) is 7.59. The molecule has 1 amide bonds. The van der Waals surface area contributed by atoms with Gasteiger partial charge in [0.15, 0.2) is 0 Å². The summed E-state index contributed by atoms with van der Waals surface area (Å²) < 4.78 is 64.0. The maximum atomic E-state index is 13.5. The average Bonchev–Trinajstić information content (AvgIpc) is 3.15. The molecule has 1 aromatic heterocycles. The molecule has 3 heterocycles. The van der Waals surface area contributed by atoms with Crippen LogP contribution in [0.4, 0.5) is 29.1 Å². The molecule has 1 spiro atoms. The number of hydrogen-bond acceptors (Lipinski definition) is 6. The van der Waals surface area contributed by atoms with E-state index in [2.05, 4.69) is 9.97 Å². The van der Waals surface area contributed by atoms with Crippen LogP contribution in [0.5, 0.6) is 0 Å². The highest BCUT2D eigenvalue weighted by Crippen LogP contribution is 2.35. The third kappa shape index (κ3) is 4.47. The molecule has 0 aliphatic carbocycles. The van der Waals surface area contributed by atoms with Gasteiger partial charge in [-0.15, -0.1) is 0 Å². The van der Waals surface area contributed by atoms with Gasteiger partial charge >= 0.3 is 6.18 Å². The minimum Gasteiger partial charge on any atom is -0.369 e. The summed E-state index contributed by atoms with van der Waals surface area (Å²) in [6.07, 6.45) is -4.29. The van der Waals surface area contributed by atoms with Crippen molar-refractivity contribution in [2.24, 2.45) is 0 Å². The Bertz CT molecular complexity index is 973. The summed E-state index contributed by atoms with van der Waals surface area (Å²) in [6.45, 7) is 0.913. The van der Waals surface area contributed by atoms with E-state index in [1.807, 2.05) is 0 Å². The van der Waals surface area contributed by atoms with Crippen molar-refractivity contribution >= 4 is 17.4 Å². The van der Waals surface area contributed by atoms with Crippen molar-refractivity contribution in [3.05, 3.63) is 48.2 Å². The molecule has 2 aliphatic heterocycles. The largest absolute Gasteiger partial charge is 0.433 e. The molecule has 2 saturated heterocycles. The van der Waals surface area contributed by atoms with Gasteiger partial charge in [-0.3, -0.25) is 4.79 Å². The lowest BCUT2D eigenvalue weighted by Gasteiger charge is -2.40. The van der Waals surface area contributed by atoms with Crippen LogP contribution in [-0.2, 0) is 20.4 Å². The molecule has 2 atom stereocenters. The highest BCUT2D eigenvalue weighted by Gasteiger charge is 2.48. The number of rotatable bonds is 3. The normalized spacial score (nSPS) is 23.9. The highest BCUT2D eigenvalue weighted by molar-refractivity contribution is 5.96. The first-order valence-electron chi connectivity index (χ1n) is 9.60. The standard InChI is InChI=1S/C20H20F4N4O3/c1-27(14-4-2-3-13(21)7-14)18(29)15-9-19(11-30-15)10-28(5-6-31-19)17-8-16(20(22,23)24)25-12-26-17/h2-4,7-8,12,15H,5-6,9-11H2,1H3. The average molecular weight is 440 g/mol. The topological polar surface area (TPSA) is 67.8 Å². The van der Waals surface area contributed by atoms with E-state index in [-0.39, 0.29) is 37.9 Å². The summed E-state index contributed by atoms with van der Waals surface area (Å²) >= 11 is 0. The minimum atomic E-state index is -4.57. The highest BCUT2D eigenvalue weighted by atomic mass is 19.4. The Hall–Kier alpha value is -2.79. The number of halogens is 4. The smallest absolute Gasteiger partial charge is 0.369 e. The number of likely N-dealkylation sites (N-methyl/N-ethyl adjacent to an activating group) is 1. The van der Waals surface area contributed by atoms with Gasteiger partial charge < -0.3 is 19.3 Å². The maximum Gasteiger partial charge on any atom is 0.433 e. The summed E-state index contributed by atoms with van der Waals surface area (Å²) in [5.41, 5.74) is -1.49. The van der Waals surface area contributed by atoms with Crippen LogP contribution in [0.1, 0.15) is 12.1 Å². The van der Waals surface area contributed by atoms with Crippen molar-refractivity contribution in [1.29, 1.82) is 0 Å². The summed E-state index contributed by atoms with van der Waals surface area (Å²) in [6, 6.07) is 6.54. The predicted molar refractivity (Wildman–Crippen MR) is 102 cm³/mol. The Kier molecular flexibility index (Phi) is 5.56. The maximum absolute atomic E-state index is 13.5. The van der Waals surface area contributed by atoms with Gasteiger partial charge in [0.25, 0.3) is 5.91 Å². The van der Waals surface area contributed by atoms with Crippen LogP contribution in [-0.4, -0.2) is 60.9 Å². The Morgan fingerprint density at radius 1 is 1.29 bits per heavy atom. The Morgan fingerprint density at radius 2 is 2.10 bits per heavy atom. The van der Waals surface area contributed by atoms with E-state index in [1.54, 1.807) is 11.0 Å². The van der Waals surface area contributed by atoms with Crippen molar-refractivity contribution < 1.29 is 31.8 Å². The second-order valence-corrected chi connectivity index (χ2v) is 7.59. The third-order valence-electron chi connectivity index (χ3n) is 5.42. The molecule has 2 fully saturated rings. The van der Waals surface area contributed by atoms with Gasteiger partial charge in [-0.2, -0.15) is 13.2 Å². The molecule has 1 aromatic carbocycles. The van der Waals surface area contributed by atoms with Crippen LogP contribution in [0, 0.1) is 5.82 Å². The van der Waals surface area contributed by atoms with Crippen LogP contribution in [0.15, 0.2) is 36.7 Å². The first-order valence-corrected chi connectivity index (χ1v) is 9.60. The van der Waals surface area contributed by atoms with Gasteiger partial charge in [0.2, 0.25) is 0 Å². The molecule has 2 aliphatic rings. The van der Waals surface area contributed by atoms with Crippen LogP contribution in [0.2, 0.25) is 0 Å². The van der Waals surface area contributed by atoms with Crippen molar-refractivity contribution in [2.45, 2.75) is 24.3 Å². The summed E-state index contributed by atoms with van der Waals surface area (Å²) in [5, 5.41) is 0. The van der Waals surface area contributed by atoms with Crippen molar-refractivity contribution in [2.75, 3.05) is 43.2 Å². The number of nitrogens with zero attached hydrogens (tertiary/aromatic N) is 4. The number of ether oxygens (including phenoxy) is 2. The molecule has 0 N–H and O–H groups in total. The molecule has 31 heavy (non-hydrogen) atoms. The number of hydrogen-bond donors (Lipinski definition) is 0. The van der Waals surface area contributed by atoms with Gasteiger partial charge in [-0.05, 0) is 18.2 Å². The fourth-order valence-electron chi connectivity index (χ4n) is 3.82. The number of morpholine rings is 1. The number of alkyl halides is 3. The summed E-state index contributed by atoms with van der Waals surface area (Å²) in [4.78, 5) is 23.1. The first-order chi connectivity index (χ1) is 14.7. The van der Waals surface area contributed by atoms with Gasteiger partial charge in [-0.1, -0.05) is 6.07 Å². The third-order valence-corrected chi connectivity index (χ3v) is 5.42. The monoisotopic (exact) mass is 440 g/mol. The van der Waals surface area contributed by atoms with E-state index in [9.17, 15) is 22.4 Å². The second kappa shape index (κ2) is 8.04. The molecule has 0 radical (unpaired) electrons. The lowest BCUT2D eigenvalue weighted by molar-refractivity contribution is -0.141. The van der Waals surface area contributed by atoms with Crippen LogP contribution in [0.3, 0.4) is 0 Å². The van der Waals surface area contributed by atoms with E-state index < -0.39 is 29.4 Å². The summed E-state index contributed by atoms with van der Waals surface area (Å²) in [7, 11) is 1.53. The first kappa shape index (κ1) is 21.4. The molecule has 2 unspecified atom stereocenters. The summed E-state index contributed by atoms with van der Waals surface area (Å²) in [5.74, 6) is -0.684. The zero-order chi connectivity index (χ0) is 22.2. The van der Waals surface area contributed by atoms with Crippen LogP contribution < -0.4 is 9.80 Å². The molecule has 4 rings (SSSR count). The number of amides is 1. The van der Waals surface area contributed by atoms with Crippen molar-refractivity contribution in [3.63, 3.8) is 0 Å². The Balaban J connectivity index is 1.47. The molecule has 7 nitrogen and oxygen atoms in total. The van der Waals surface area contributed by atoms with Gasteiger partial charge in [0.05, 0.1) is 19.8 Å². The van der Waals surface area contributed by atoms with Crippen LogP contribution in [0.25, 0.3) is 0 Å². The quantitative estimate of drug-likeness (QED) is 0.684. The lowest BCUT2D eigenvalue weighted by atomic mass is 9.97. The predicted octanol–water partition coefficient (Wildman–Crippen LogP) is 2.66. The van der Waals surface area contributed by atoms with Gasteiger partial charge in [-0.25, -0.2) is 14.4 Å². The molecule has 0 bridgehead atoms. The van der Waals surface area contributed by atoms with E-state index in [0.29, 0.717) is 12.2 Å². The fraction of sp³-hybridized carbons (Fsp3) is 0.450. The van der Waals surface area contributed by atoms with E-state index >= 15 is 0 Å². The number of carbonyl (C=O) groups excluding carboxylic acids is 1. The number of anilines is 2. The van der Waals surface area contributed by atoms with E-state index in [1.165, 1.54) is 30.1 Å².